The summed E-state index contributed by atoms with van der Waals surface area (Å²) in [5.74, 6) is -0.165. The maximum Gasteiger partial charge on any atom is 1.00 e. The Hall–Kier alpha value is -1.30. The average Bonchev–Trinajstić information content (AvgIpc) is 3.56. The number of nitriles is 2. The summed E-state index contributed by atoms with van der Waals surface area (Å²) in [4.78, 5) is 10.7. The molecule has 0 bridgehead atoms. The maximum absolute atomic E-state index is 11.3. The van der Waals surface area contributed by atoms with Crippen molar-refractivity contribution in [1.82, 2.24) is 0 Å². The second-order valence-electron chi connectivity index (χ2n) is 9.15. The van der Waals surface area contributed by atoms with Crippen LogP contribution >= 0.6 is 7.60 Å². The molecule has 0 aromatic carbocycles. The van der Waals surface area contributed by atoms with Crippen molar-refractivity contribution in [3.63, 3.8) is 0 Å². The Morgan fingerprint density at radius 1 is 0.878 bits per heavy atom. The molecule has 0 aliphatic carbocycles. The molecule has 41 heavy (non-hydrogen) atoms. The molecule has 0 amide bonds. The minimum Gasteiger partial charge on any atom is -1.00 e. The van der Waals surface area contributed by atoms with E-state index in [-0.39, 0.29) is 67.5 Å². The Kier molecular flexibility index (Phi) is 23.7. The number of rotatable bonds is 9. The molecule has 2 unspecified atom stereocenters. The van der Waals surface area contributed by atoms with Crippen LogP contribution in [0, 0.1) is 22.7 Å². The predicted molar refractivity (Wildman–Crippen MR) is 154 cm³/mol. The van der Waals surface area contributed by atoms with Gasteiger partial charge >= 0.3 is 43.1 Å². The standard InChI is InChI=1S/C9H13NO.C7H12O2.C7H10O2.C6H12NO3P.Na.H/c1-3-8-6-7(2)9(11-8)4-5-10;2*1-3-6-4-5(2)7(8)9-6;1-3-9-11(8,6-5-7)10-4-2;;/h6,8-9H,3-4H2,1-2H3;4,6-8H,3H2,1-2H3;4,6H,3H2,1-2H3;3-4,6H2,1-2H3;;/q;;;;+1;-1/t8-,9?;6-,7?;6-;;;/m111.../s1. The van der Waals surface area contributed by atoms with Crippen LogP contribution in [0.5, 0.6) is 0 Å². The van der Waals surface area contributed by atoms with Gasteiger partial charge in [0, 0.05) is 5.57 Å². The molecule has 0 aromatic rings. The van der Waals surface area contributed by atoms with Crippen LogP contribution in [0.3, 0.4) is 0 Å². The summed E-state index contributed by atoms with van der Waals surface area (Å²) in [6, 6.07) is 3.88. The van der Waals surface area contributed by atoms with Gasteiger partial charge in [0.15, 0.2) is 6.29 Å². The van der Waals surface area contributed by atoms with Crippen molar-refractivity contribution in [2.24, 2.45) is 0 Å². The molecule has 1 N–H and O–H groups in total. The zero-order valence-corrected chi connectivity index (χ0v) is 29.1. The number of ether oxygens (including phenoxy) is 3. The summed E-state index contributed by atoms with van der Waals surface area (Å²) >= 11 is 0. The summed E-state index contributed by atoms with van der Waals surface area (Å²) < 4.78 is 36.5. The Balaban J connectivity index is -0.000000477. The molecule has 12 heteroatoms. The predicted octanol–water partition coefficient (Wildman–Crippen LogP) is 3.24. The second-order valence-corrected chi connectivity index (χ2v) is 11.2. The third-order valence-corrected chi connectivity index (χ3v) is 7.69. The third kappa shape index (κ3) is 16.8. The molecule has 0 saturated carbocycles. The van der Waals surface area contributed by atoms with Crippen LogP contribution < -0.4 is 29.6 Å². The van der Waals surface area contributed by atoms with Crippen LogP contribution in [0.25, 0.3) is 0 Å². The molecule has 3 aliphatic heterocycles. The van der Waals surface area contributed by atoms with E-state index in [0.29, 0.717) is 19.6 Å². The zero-order chi connectivity index (χ0) is 30.7. The fraction of sp³-hybridized carbons (Fsp3) is 0.690. The van der Waals surface area contributed by atoms with Gasteiger partial charge in [-0.25, -0.2) is 4.79 Å². The van der Waals surface area contributed by atoms with Gasteiger partial charge in [-0.2, -0.15) is 10.5 Å². The van der Waals surface area contributed by atoms with E-state index < -0.39 is 13.9 Å². The van der Waals surface area contributed by atoms with Gasteiger partial charge in [0.2, 0.25) is 0 Å². The Bertz CT molecular complexity index is 999. The Labute approximate surface area is 270 Å². The second kappa shape index (κ2) is 23.2. The first-order valence-corrected chi connectivity index (χ1v) is 15.5. The van der Waals surface area contributed by atoms with E-state index in [4.69, 9.17) is 38.9 Å². The SMILES string of the molecule is CCOP(=O)(CC#N)OCC.CC[C@@H]1C=C(C)C(=O)O1.CC[C@@H]1C=C(C)C(CC#N)O1.CC[C@@H]1C=C(C)C(O)O1.[H-].[Na+]. The van der Waals surface area contributed by atoms with Gasteiger partial charge < -0.3 is 29.8 Å². The molecular weight excluding hydrogens is 558 g/mol. The van der Waals surface area contributed by atoms with Crippen LogP contribution in [-0.4, -0.2) is 61.2 Å². The van der Waals surface area contributed by atoms with Gasteiger partial charge in [-0.05, 0) is 71.1 Å². The van der Waals surface area contributed by atoms with Gasteiger partial charge in [-0.15, -0.1) is 0 Å². The van der Waals surface area contributed by atoms with Crippen molar-refractivity contribution in [3.05, 3.63) is 34.9 Å². The summed E-state index contributed by atoms with van der Waals surface area (Å²) in [6.07, 6.45) is 8.91. The summed E-state index contributed by atoms with van der Waals surface area (Å²) in [7, 11) is -3.08. The fourth-order valence-electron chi connectivity index (χ4n) is 3.59. The minimum absolute atomic E-state index is 0. The largest absolute Gasteiger partial charge is 1.00 e. The van der Waals surface area contributed by atoms with E-state index in [2.05, 4.69) is 19.1 Å². The van der Waals surface area contributed by atoms with Crippen LogP contribution in [0.4, 0.5) is 0 Å². The Morgan fingerprint density at radius 2 is 1.39 bits per heavy atom. The number of carbonyl (C=O) groups is 1. The number of nitrogens with zero attached hydrogens (tertiary/aromatic N) is 2. The van der Waals surface area contributed by atoms with Gasteiger partial charge in [0.1, 0.15) is 12.3 Å². The van der Waals surface area contributed by atoms with E-state index in [9.17, 15) is 9.36 Å². The van der Waals surface area contributed by atoms with Crippen molar-refractivity contribution in [2.75, 3.05) is 19.4 Å². The first-order valence-electron chi connectivity index (χ1n) is 13.8. The molecule has 3 rings (SSSR count). The van der Waals surface area contributed by atoms with Gasteiger partial charge in [-0.1, -0.05) is 32.9 Å². The normalized spacial score (nSPS) is 24.2. The maximum atomic E-state index is 11.3. The van der Waals surface area contributed by atoms with Crippen LogP contribution in [0.2, 0.25) is 0 Å². The summed E-state index contributed by atoms with van der Waals surface area (Å²) in [5, 5.41) is 25.7. The first kappa shape index (κ1) is 41.8. The number of aliphatic hydroxyl groups is 1. The molecule has 10 nitrogen and oxygen atoms in total. The molecule has 228 valence electrons. The van der Waals surface area contributed by atoms with E-state index in [1.807, 2.05) is 39.8 Å². The fourth-order valence-corrected chi connectivity index (χ4v) is 4.80. The quantitative estimate of drug-likeness (QED) is 0.179. The number of aliphatic hydroxyl groups excluding tert-OH is 1. The van der Waals surface area contributed by atoms with E-state index >= 15 is 0 Å². The van der Waals surface area contributed by atoms with E-state index in [1.54, 1.807) is 26.8 Å². The number of hydrogen-bond donors (Lipinski definition) is 1. The molecule has 0 spiro atoms. The smallest absolute Gasteiger partial charge is 1.00 e. The van der Waals surface area contributed by atoms with Gasteiger partial charge in [-0.3, -0.25) is 4.57 Å². The molecule has 3 aliphatic rings. The van der Waals surface area contributed by atoms with Gasteiger partial charge in [0.25, 0.3) is 0 Å². The average molecular weight is 607 g/mol. The Morgan fingerprint density at radius 3 is 1.68 bits per heavy atom. The monoisotopic (exact) mass is 606 g/mol. The van der Waals surface area contributed by atoms with E-state index in [0.717, 1.165) is 30.4 Å². The number of cyclic esters (lactones) is 1. The summed E-state index contributed by atoms with van der Waals surface area (Å²) in [6.45, 7) is 15.8. The van der Waals surface area contributed by atoms with Crippen LogP contribution in [-0.2, 0) is 32.6 Å². The van der Waals surface area contributed by atoms with Crippen LogP contribution in [0.1, 0.15) is 82.5 Å². The number of esters is 1. The molecule has 0 aromatic heterocycles. The molecule has 0 radical (unpaired) electrons. The van der Waals surface area contributed by atoms with Gasteiger partial charge in [0.05, 0.1) is 50.1 Å². The van der Waals surface area contributed by atoms with Crippen molar-refractivity contribution in [3.8, 4) is 12.1 Å². The number of hydrogen-bond acceptors (Lipinski definition) is 10. The third-order valence-electron chi connectivity index (χ3n) is 5.85. The minimum atomic E-state index is -3.08. The van der Waals surface area contributed by atoms with E-state index in [1.165, 1.54) is 5.57 Å². The van der Waals surface area contributed by atoms with Crippen molar-refractivity contribution < 1.29 is 68.7 Å². The molecule has 0 saturated heterocycles. The van der Waals surface area contributed by atoms with Crippen LogP contribution in [0.15, 0.2) is 34.9 Å². The number of carbonyl (C=O) groups excluding carboxylic acids is 1. The van der Waals surface area contributed by atoms with Crippen molar-refractivity contribution in [1.29, 1.82) is 10.5 Å². The first-order chi connectivity index (χ1) is 18.9. The summed E-state index contributed by atoms with van der Waals surface area (Å²) in [5.41, 5.74) is 2.88. The van der Waals surface area contributed by atoms with Crippen molar-refractivity contribution >= 4 is 13.6 Å². The molecule has 0 fully saturated rings. The topological polar surface area (TPSA) is 148 Å². The molecular formula is C29H48N2NaO8P. The van der Waals surface area contributed by atoms with Crippen molar-refractivity contribution in [2.45, 2.75) is 112 Å². The molecule has 5 atom stereocenters. The zero-order valence-electron chi connectivity index (χ0n) is 27.2. The molecule has 3 heterocycles.